The fourth-order valence-corrected chi connectivity index (χ4v) is 23.0. The fraction of sp³-hybridized carbons (Fsp3) is 0.639. The second-order valence-corrected chi connectivity index (χ2v) is 42.1. The number of aromatic nitrogens is 14. The highest BCUT2D eigenvalue weighted by molar-refractivity contribution is 7.56. The number of nitrogen functional groups attached to an aromatic ring is 3. The number of morpholine rings is 5. The predicted molar refractivity (Wildman–Crippen MR) is 413 cm³/mol. The topological polar surface area (TPSA) is 549 Å². The first-order chi connectivity index (χ1) is 53.8. The van der Waals surface area contributed by atoms with Crippen LogP contribution in [0.1, 0.15) is 49.2 Å². The van der Waals surface area contributed by atoms with E-state index in [1.54, 1.807) is 48.9 Å². The number of fused-ring (bicyclic) bond motifs is 2. The van der Waals surface area contributed by atoms with Crippen LogP contribution in [0.3, 0.4) is 0 Å². The second-order valence-electron chi connectivity index (χ2n) is 28.7. The standard InChI is InChI=1S/C61H98N27O21P5/c1-14-110(95,75(4)5)100-30-40-21-81(26-47(107-40)85-19-37(2)55(89)73-60(85)93)113(98,78(10)11)102-31-41-22-80(25-46(106-41)84-16-15-44(62)70-59(84)92)112(97,77(8)9)103-32-42-23-82(27-48(108-42)86-20-38(3)56(90)74-61(86)94)114(99,79(12)13)104-33-43-24-83(28-49(109-43)88-35-68-50-52(63)66-34-67-53(50)88)111(96,76(6)7)101-29-39-17-65-18-45(105-39)87-36-69-51-54(87)71-58(64)72-57(51)91/h15-16,19-20,34-36,39-43,45-49,65H,14,17-18,21-33H2,1-13H3,(H2,62,70,92)(H2,63,66,67)(H,73,89,93)(H,74,90,94)(H3,64,71,72,91)/t39-,40-,41-,42-,43-,45+,46+,47+,48+,49+,110?,111?,112?,113?,114?/m0/s1. The van der Waals surface area contributed by atoms with Crippen molar-refractivity contribution in [2.45, 2.75) is 82.4 Å². The second kappa shape index (κ2) is 34.8. The number of imidazole rings is 2. The van der Waals surface area contributed by atoms with E-state index >= 15 is 18.3 Å². The van der Waals surface area contributed by atoms with Gasteiger partial charge in [-0.3, -0.25) is 75.0 Å². The smallest absolute Gasteiger partial charge is 0.351 e. The van der Waals surface area contributed by atoms with Crippen molar-refractivity contribution in [3.8, 4) is 0 Å². The summed E-state index contributed by atoms with van der Waals surface area (Å²) in [7, 11) is -5.42. The lowest BCUT2D eigenvalue weighted by Crippen LogP contribution is -2.52. The molecule has 5 aliphatic heterocycles. The Balaban J connectivity index is 0.812. The van der Waals surface area contributed by atoms with Gasteiger partial charge in [0.05, 0.1) is 102 Å². The van der Waals surface area contributed by atoms with E-state index in [1.807, 2.05) is 0 Å². The summed E-state index contributed by atoms with van der Waals surface area (Å²) in [5.74, 6) is -0.161. The molecule has 53 heteroatoms. The molecular formula is C61H98N27O21P5. The van der Waals surface area contributed by atoms with E-state index < -0.39 is 153 Å². The molecule has 0 amide bonds. The van der Waals surface area contributed by atoms with Gasteiger partial charge in [0, 0.05) is 75.1 Å². The average Bonchev–Trinajstić information content (AvgIpc) is 0.925. The minimum atomic E-state index is -4.46. The Labute approximate surface area is 651 Å². The highest BCUT2D eigenvalue weighted by Crippen LogP contribution is 2.60. The van der Waals surface area contributed by atoms with Crippen LogP contribution in [-0.4, -0.2) is 315 Å². The first-order valence-corrected chi connectivity index (χ1v) is 44.0. The summed E-state index contributed by atoms with van der Waals surface area (Å²) in [6.45, 7) is 1.08. The zero-order valence-electron chi connectivity index (χ0n) is 65.1. The maximum atomic E-state index is 16.3. The van der Waals surface area contributed by atoms with E-state index in [0.29, 0.717) is 0 Å². The van der Waals surface area contributed by atoms with Gasteiger partial charge in [-0.1, -0.05) is 6.92 Å². The van der Waals surface area contributed by atoms with Crippen molar-refractivity contribution >= 4 is 78.1 Å². The first kappa shape index (κ1) is 86.2. The minimum Gasteiger partial charge on any atom is -0.383 e. The van der Waals surface area contributed by atoms with Crippen LogP contribution in [0, 0.1) is 13.8 Å². The number of nitrogens with one attached hydrogen (secondary N) is 4. The van der Waals surface area contributed by atoms with Crippen LogP contribution >= 0.6 is 38.2 Å². The molecule has 15 atom stereocenters. The maximum Gasteiger partial charge on any atom is 0.351 e. The van der Waals surface area contributed by atoms with Crippen LogP contribution in [-0.2, 0) is 69.1 Å². The van der Waals surface area contributed by atoms with Gasteiger partial charge in [0.15, 0.2) is 41.3 Å². The molecule has 12 rings (SSSR count). The molecule has 628 valence electrons. The number of nitrogens with zero attached hydrogens (tertiary/aromatic N) is 20. The van der Waals surface area contributed by atoms with Gasteiger partial charge in [-0.25, -0.2) is 76.4 Å². The van der Waals surface area contributed by atoms with E-state index in [2.05, 4.69) is 50.2 Å². The molecule has 10 N–H and O–H groups in total. The molecule has 5 fully saturated rings. The predicted octanol–water partition coefficient (Wildman–Crippen LogP) is -0.499. The Kier molecular flexibility index (Phi) is 26.3. The number of aryl methyl sites for hydroxylation is 2. The zero-order chi connectivity index (χ0) is 82.4. The number of nitrogens with two attached hydrogens (primary N) is 3. The third-order valence-corrected chi connectivity index (χ3v) is 32.5. The Bertz CT molecular complexity index is 5290. The zero-order valence-corrected chi connectivity index (χ0v) is 69.6. The number of ether oxygens (including phenoxy) is 5. The van der Waals surface area contributed by atoms with Crippen LogP contribution in [0.15, 0.2) is 72.4 Å². The average molecular weight is 1700 g/mol. The Morgan fingerprint density at radius 2 is 0.860 bits per heavy atom. The molecule has 7 aromatic rings. The lowest BCUT2D eigenvalue weighted by molar-refractivity contribution is -0.132. The monoisotopic (exact) mass is 1700 g/mol. The summed E-state index contributed by atoms with van der Waals surface area (Å²) in [5.41, 5.74) is 14.7. The van der Waals surface area contributed by atoms with E-state index in [9.17, 15) is 33.3 Å². The van der Waals surface area contributed by atoms with Gasteiger partial charge in [0.25, 0.3) is 24.2 Å². The number of aromatic amines is 3. The molecule has 0 saturated carbocycles. The van der Waals surface area contributed by atoms with E-state index in [-0.39, 0.29) is 136 Å². The van der Waals surface area contributed by atoms with Crippen LogP contribution < -0.4 is 56.3 Å². The van der Waals surface area contributed by atoms with Crippen molar-refractivity contribution in [3.05, 3.63) is 117 Å². The van der Waals surface area contributed by atoms with Crippen molar-refractivity contribution in [1.29, 1.82) is 0 Å². The number of rotatable bonds is 30. The molecular weight excluding hydrogens is 1600 g/mol. The third kappa shape index (κ3) is 18.0. The van der Waals surface area contributed by atoms with E-state index in [0.717, 1.165) is 13.7 Å². The van der Waals surface area contributed by atoms with Gasteiger partial charge >= 0.3 is 47.8 Å². The molecule has 114 heavy (non-hydrogen) atoms. The summed E-state index contributed by atoms with van der Waals surface area (Å²) in [5, 5.41) is 3.30. The summed E-state index contributed by atoms with van der Waals surface area (Å²) in [4.78, 5) is 112. The van der Waals surface area contributed by atoms with Crippen LogP contribution in [0.2, 0.25) is 0 Å². The van der Waals surface area contributed by atoms with Crippen molar-refractivity contribution in [2.75, 3.05) is 192 Å². The van der Waals surface area contributed by atoms with Crippen LogP contribution in [0.25, 0.3) is 22.3 Å². The minimum absolute atomic E-state index is 0.0463. The molecule has 5 aliphatic rings. The highest BCUT2D eigenvalue weighted by Gasteiger charge is 2.51. The third-order valence-electron chi connectivity index (χ3n) is 19.7. The summed E-state index contributed by atoms with van der Waals surface area (Å²) >= 11 is 0. The highest BCUT2D eigenvalue weighted by atomic mass is 31.2. The van der Waals surface area contributed by atoms with Crippen LogP contribution in [0.5, 0.6) is 0 Å². The lowest BCUT2D eigenvalue weighted by atomic mass is 10.3. The van der Waals surface area contributed by atoms with Crippen molar-refractivity contribution in [3.63, 3.8) is 0 Å². The molecule has 12 heterocycles. The quantitative estimate of drug-likeness (QED) is 0.0279. The van der Waals surface area contributed by atoms with Crippen molar-refractivity contribution < 1.29 is 69.1 Å². The molecule has 0 aromatic carbocycles. The van der Waals surface area contributed by atoms with Gasteiger partial charge < -0.3 is 68.8 Å². The van der Waals surface area contributed by atoms with Crippen molar-refractivity contribution in [1.82, 2.24) is 115 Å². The summed E-state index contributed by atoms with van der Waals surface area (Å²) < 4.78 is 162. The SMILES string of the molecule is CCP(=O)(OC[C@@H]1CN(P(=O)(OC[C@@H]2CN(P(=O)(OC[C@@H]3CN(P(=O)(OC[C@@H]4CN(P(=O)(OC[C@@H]5CNC[C@H](n6cnc7c(=O)[nH]c(N)nc76)O5)N(C)C)C[C@H](n5cnc6c(N)ncnc65)O4)N(C)C)C[C@H](n4cc(C)c(=O)[nH]c4=O)O3)N(C)C)C[C@H](n3ccc(N)nc3=O)O2)N(C)C)C[C@H](n2cc(C)c(=O)[nH]c2=O)O1)N(C)C. The van der Waals surface area contributed by atoms with Crippen LogP contribution in [0.4, 0.5) is 17.6 Å². The number of hydrogen-bond acceptors (Lipinski definition) is 31. The normalized spacial score (nSPS) is 26.2. The largest absolute Gasteiger partial charge is 0.383 e. The van der Waals surface area contributed by atoms with E-state index in [1.165, 1.54) is 137 Å². The van der Waals surface area contributed by atoms with Crippen molar-refractivity contribution in [2.24, 2.45) is 0 Å². The fourth-order valence-electron chi connectivity index (χ4n) is 13.6. The molecule has 5 saturated heterocycles. The molecule has 0 radical (unpaired) electrons. The van der Waals surface area contributed by atoms with Gasteiger partial charge in [-0.05, 0) is 90.4 Å². The Morgan fingerprint density at radius 3 is 1.29 bits per heavy atom. The molecule has 0 bridgehead atoms. The maximum absolute atomic E-state index is 16.3. The molecule has 0 aliphatic carbocycles. The summed E-state index contributed by atoms with van der Waals surface area (Å²) in [6.07, 6.45) is -2.87. The molecule has 5 unspecified atom stereocenters. The number of H-pyrrole nitrogens is 3. The van der Waals surface area contributed by atoms with Gasteiger partial charge in [0.2, 0.25) is 5.95 Å². The van der Waals surface area contributed by atoms with E-state index in [4.69, 9.17) is 63.5 Å². The van der Waals surface area contributed by atoms with Gasteiger partial charge in [-0.2, -0.15) is 9.97 Å². The van der Waals surface area contributed by atoms with Gasteiger partial charge in [-0.15, -0.1) is 0 Å². The number of hydrogen-bond donors (Lipinski definition) is 7. The number of anilines is 3. The Hall–Kier alpha value is -7.11. The Morgan fingerprint density at radius 1 is 0.456 bits per heavy atom. The summed E-state index contributed by atoms with van der Waals surface area (Å²) in [6, 6.07) is 1.35. The first-order valence-electron chi connectivity index (χ1n) is 36.1. The molecule has 48 nitrogen and oxygen atoms in total. The molecule has 0 spiro atoms. The lowest BCUT2D eigenvalue weighted by Gasteiger charge is -2.46. The molecule has 7 aromatic heterocycles. The van der Waals surface area contributed by atoms with Gasteiger partial charge in [0.1, 0.15) is 30.1 Å².